The summed E-state index contributed by atoms with van der Waals surface area (Å²) in [5.74, 6) is 1.18. The molecule has 1 aliphatic rings. The van der Waals surface area contributed by atoms with E-state index < -0.39 is 11.1 Å². The highest BCUT2D eigenvalue weighted by molar-refractivity contribution is 7.15. The fourth-order valence-corrected chi connectivity index (χ4v) is 2.47. The summed E-state index contributed by atoms with van der Waals surface area (Å²) >= 11 is 0.592. The Labute approximate surface area is 129 Å². The number of anilines is 1. The van der Waals surface area contributed by atoms with Crippen LogP contribution in [0.15, 0.2) is 24.5 Å². The van der Waals surface area contributed by atoms with Gasteiger partial charge < -0.3 is 10.1 Å². The molecule has 1 aliphatic carbocycles. The van der Waals surface area contributed by atoms with Gasteiger partial charge in [-0.05, 0) is 30.4 Å². The lowest BCUT2D eigenvalue weighted by molar-refractivity contribution is -0.134. The molecule has 0 amide bonds. The van der Waals surface area contributed by atoms with Gasteiger partial charge in [-0.25, -0.2) is 9.97 Å². The van der Waals surface area contributed by atoms with Gasteiger partial charge in [0.15, 0.2) is 5.13 Å². The van der Waals surface area contributed by atoms with Crippen LogP contribution < -0.4 is 10.1 Å². The van der Waals surface area contributed by atoms with Crippen LogP contribution >= 0.6 is 11.3 Å². The van der Waals surface area contributed by atoms with E-state index in [9.17, 15) is 13.2 Å². The van der Waals surface area contributed by atoms with Crippen molar-refractivity contribution in [3.63, 3.8) is 0 Å². The number of aromatic nitrogens is 2. The van der Waals surface area contributed by atoms with E-state index in [1.807, 2.05) is 0 Å². The summed E-state index contributed by atoms with van der Waals surface area (Å²) in [7, 11) is 0. The molecule has 22 heavy (non-hydrogen) atoms. The first-order valence-electron chi connectivity index (χ1n) is 6.85. The third kappa shape index (κ3) is 4.09. The number of alkyl halides is 3. The second-order valence-electron chi connectivity index (χ2n) is 5.14. The number of hydrogen-bond donors (Lipinski definition) is 1. The summed E-state index contributed by atoms with van der Waals surface area (Å²) < 4.78 is 43.0. The van der Waals surface area contributed by atoms with Crippen molar-refractivity contribution in [2.24, 2.45) is 5.92 Å². The number of rotatable bonds is 6. The summed E-state index contributed by atoms with van der Waals surface area (Å²) in [6.45, 7) is 1.04. The third-order valence-electron chi connectivity index (χ3n) is 3.19. The Hall–Kier alpha value is -1.83. The van der Waals surface area contributed by atoms with E-state index in [1.54, 1.807) is 18.3 Å². The molecule has 3 rings (SSSR count). The highest BCUT2D eigenvalue weighted by Gasteiger charge is 2.33. The van der Waals surface area contributed by atoms with E-state index in [0.29, 0.717) is 36.3 Å². The van der Waals surface area contributed by atoms with Gasteiger partial charge in [0.05, 0.1) is 12.8 Å². The molecule has 1 saturated carbocycles. The van der Waals surface area contributed by atoms with Gasteiger partial charge in [0, 0.05) is 18.8 Å². The van der Waals surface area contributed by atoms with Crippen LogP contribution in [-0.4, -0.2) is 16.6 Å². The minimum atomic E-state index is -4.35. The molecule has 0 spiro atoms. The Morgan fingerprint density at radius 1 is 1.32 bits per heavy atom. The summed E-state index contributed by atoms with van der Waals surface area (Å²) in [5, 5.41) is 3.12. The van der Waals surface area contributed by atoms with Crippen LogP contribution in [0.5, 0.6) is 5.88 Å². The van der Waals surface area contributed by atoms with E-state index in [0.717, 1.165) is 11.8 Å². The SMILES string of the molecule is FC(F)(F)c1cnc(NCc2ccnc(OCC3CC3)c2)s1. The lowest BCUT2D eigenvalue weighted by Crippen LogP contribution is -2.03. The quantitative estimate of drug-likeness (QED) is 0.871. The van der Waals surface area contributed by atoms with Crippen molar-refractivity contribution < 1.29 is 17.9 Å². The Morgan fingerprint density at radius 2 is 2.14 bits per heavy atom. The van der Waals surface area contributed by atoms with Gasteiger partial charge in [-0.1, -0.05) is 11.3 Å². The summed E-state index contributed by atoms with van der Waals surface area (Å²) in [6.07, 6.45) is 0.518. The molecule has 0 bridgehead atoms. The van der Waals surface area contributed by atoms with E-state index in [2.05, 4.69) is 15.3 Å². The van der Waals surface area contributed by atoms with E-state index in [-0.39, 0.29) is 5.13 Å². The Balaban J connectivity index is 1.56. The lowest BCUT2D eigenvalue weighted by atomic mass is 10.2. The zero-order valence-corrected chi connectivity index (χ0v) is 12.4. The largest absolute Gasteiger partial charge is 0.477 e. The molecule has 0 atom stereocenters. The summed E-state index contributed by atoms with van der Waals surface area (Å²) in [6, 6.07) is 3.57. The molecular weight excluding hydrogens is 315 g/mol. The zero-order chi connectivity index (χ0) is 15.6. The first-order valence-corrected chi connectivity index (χ1v) is 7.67. The minimum Gasteiger partial charge on any atom is -0.477 e. The second-order valence-corrected chi connectivity index (χ2v) is 6.17. The standard InChI is InChI=1S/C14H14F3N3OS/c15-14(16,17)11-7-20-13(22-11)19-6-10-3-4-18-12(5-10)21-8-9-1-2-9/h3-5,7,9H,1-2,6,8H2,(H,19,20). The van der Waals surface area contributed by atoms with Crippen LogP contribution in [0.3, 0.4) is 0 Å². The monoisotopic (exact) mass is 329 g/mol. The average Bonchev–Trinajstić information content (AvgIpc) is 3.18. The minimum absolute atomic E-state index is 0.240. The van der Waals surface area contributed by atoms with Gasteiger partial charge in [-0.15, -0.1) is 0 Å². The van der Waals surface area contributed by atoms with Crippen molar-refractivity contribution in [1.29, 1.82) is 0 Å². The predicted octanol–water partition coefficient (Wildman–Crippen LogP) is 3.96. The molecule has 0 saturated heterocycles. The Morgan fingerprint density at radius 3 is 2.82 bits per heavy atom. The third-order valence-corrected chi connectivity index (χ3v) is 4.19. The van der Waals surface area contributed by atoms with Crippen molar-refractivity contribution in [3.8, 4) is 5.88 Å². The van der Waals surface area contributed by atoms with Crippen LogP contribution in [-0.2, 0) is 12.7 Å². The van der Waals surface area contributed by atoms with Crippen molar-refractivity contribution in [3.05, 3.63) is 35.0 Å². The van der Waals surface area contributed by atoms with E-state index in [1.165, 1.54) is 12.8 Å². The fourth-order valence-electron chi connectivity index (χ4n) is 1.79. The fraction of sp³-hybridized carbons (Fsp3) is 0.429. The molecule has 0 aromatic carbocycles. The van der Waals surface area contributed by atoms with Crippen LogP contribution in [0, 0.1) is 5.92 Å². The molecule has 2 aromatic heterocycles. The number of thiazole rings is 1. The maximum absolute atomic E-state index is 12.5. The van der Waals surface area contributed by atoms with Crippen molar-refractivity contribution in [2.75, 3.05) is 11.9 Å². The van der Waals surface area contributed by atoms with Crippen molar-refractivity contribution in [2.45, 2.75) is 25.6 Å². The number of nitrogens with zero attached hydrogens (tertiary/aromatic N) is 2. The van der Waals surface area contributed by atoms with E-state index >= 15 is 0 Å². The van der Waals surface area contributed by atoms with Gasteiger partial charge >= 0.3 is 6.18 Å². The van der Waals surface area contributed by atoms with Gasteiger partial charge in [-0.2, -0.15) is 13.2 Å². The predicted molar refractivity (Wildman–Crippen MR) is 76.9 cm³/mol. The number of halogens is 3. The van der Waals surface area contributed by atoms with Crippen LogP contribution in [0.4, 0.5) is 18.3 Å². The molecule has 2 heterocycles. The van der Waals surface area contributed by atoms with Gasteiger partial charge in [0.2, 0.25) is 5.88 Å². The molecule has 0 unspecified atom stereocenters. The lowest BCUT2D eigenvalue weighted by Gasteiger charge is -2.07. The molecule has 2 aromatic rings. The number of nitrogens with one attached hydrogen (secondary N) is 1. The van der Waals surface area contributed by atoms with Crippen LogP contribution in [0.2, 0.25) is 0 Å². The maximum atomic E-state index is 12.5. The van der Waals surface area contributed by atoms with Crippen molar-refractivity contribution >= 4 is 16.5 Å². The van der Waals surface area contributed by atoms with Crippen LogP contribution in [0.1, 0.15) is 23.3 Å². The zero-order valence-electron chi connectivity index (χ0n) is 11.6. The molecule has 0 radical (unpaired) electrons. The first kappa shape index (κ1) is 15.1. The number of ether oxygens (including phenoxy) is 1. The summed E-state index contributed by atoms with van der Waals surface area (Å²) in [4.78, 5) is 7.14. The highest BCUT2D eigenvalue weighted by atomic mass is 32.1. The molecule has 0 aliphatic heterocycles. The van der Waals surface area contributed by atoms with Gasteiger partial charge in [-0.3, -0.25) is 0 Å². The van der Waals surface area contributed by atoms with Crippen LogP contribution in [0.25, 0.3) is 0 Å². The number of pyridine rings is 1. The van der Waals surface area contributed by atoms with Crippen molar-refractivity contribution in [1.82, 2.24) is 9.97 Å². The van der Waals surface area contributed by atoms with E-state index in [4.69, 9.17) is 4.74 Å². The Kier molecular flexibility index (Phi) is 4.19. The second kappa shape index (κ2) is 6.12. The molecule has 8 heteroatoms. The molecule has 1 fully saturated rings. The van der Waals surface area contributed by atoms with Gasteiger partial charge in [0.1, 0.15) is 4.88 Å². The average molecular weight is 329 g/mol. The molecular formula is C14H14F3N3OS. The first-order chi connectivity index (χ1) is 10.5. The smallest absolute Gasteiger partial charge is 0.427 e. The normalized spacial score (nSPS) is 14.9. The highest BCUT2D eigenvalue weighted by Crippen LogP contribution is 2.35. The summed E-state index contributed by atoms with van der Waals surface area (Å²) in [5.41, 5.74) is 0.879. The Bertz CT molecular complexity index is 640. The van der Waals surface area contributed by atoms with Gasteiger partial charge in [0.25, 0.3) is 0 Å². The number of hydrogen-bond acceptors (Lipinski definition) is 5. The molecule has 1 N–H and O–H groups in total. The molecule has 118 valence electrons. The molecule has 4 nitrogen and oxygen atoms in total. The topological polar surface area (TPSA) is 47.0 Å². The maximum Gasteiger partial charge on any atom is 0.427 e.